The summed E-state index contributed by atoms with van der Waals surface area (Å²) < 4.78 is 38.0. The molecule has 1 aliphatic heterocycles. The number of fused-ring (bicyclic) bond motifs is 1. The molecule has 6 heteroatoms. The Hall–Kier alpha value is -2.76. The van der Waals surface area contributed by atoms with Crippen LogP contribution in [0.25, 0.3) is 0 Å². The number of para-hydroxylation sites is 1. The second kappa shape index (κ2) is 6.20. The Balaban J connectivity index is 1.60. The first-order chi connectivity index (χ1) is 12.4. The molecule has 3 nitrogen and oxygen atoms in total. The van der Waals surface area contributed by atoms with Gasteiger partial charge in [0.1, 0.15) is 5.82 Å². The monoisotopic (exact) mass is 358 g/mol. The fraction of sp³-hybridized carbons (Fsp3) is 0.250. The van der Waals surface area contributed by atoms with Crippen molar-refractivity contribution in [2.75, 3.05) is 5.32 Å². The summed E-state index contributed by atoms with van der Waals surface area (Å²) in [5.74, 6) is 0.391. The van der Waals surface area contributed by atoms with Gasteiger partial charge in [-0.2, -0.15) is 13.2 Å². The summed E-state index contributed by atoms with van der Waals surface area (Å²) in [5.41, 5.74) is 1.60. The van der Waals surface area contributed by atoms with E-state index in [4.69, 9.17) is 0 Å². The summed E-state index contributed by atoms with van der Waals surface area (Å²) in [6, 6.07) is 12.6. The van der Waals surface area contributed by atoms with Crippen LogP contribution in [0.2, 0.25) is 0 Å². The van der Waals surface area contributed by atoms with Gasteiger partial charge in [-0.15, -0.1) is 0 Å². The zero-order chi connectivity index (χ0) is 18.3. The van der Waals surface area contributed by atoms with E-state index in [1.54, 1.807) is 0 Å². The minimum absolute atomic E-state index is 0.238. The molecule has 1 fully saturated rings. The molecule has 1 N–H and O–H groups in total. The smallest absolute Gasteiger partial charge is 0.351 e. The third-order valence-electron chi connectivity index (χ3n) is 4.68. The third-order valence-corrected chi connectivity index (χ3v) is 4.68. The molecule has 2 aliphatic rings. The number of hydrogen-bond donors (Lipinski definition) is 1. The van der Waals surface area contributed by atoms with Gasteiger partial charge in [0.25, 0.3) is 0 Å². The average molecular weight is 358 g/mol. The second-order valence-electron chi connectivity index (χ2n) is 6.61. The van der Waals surface area contributed by atoms with Crippen LogP contribution in [-0.2, 0) is 12.7 Å². The Kier molecular flexibility index (Phi) is 3.98. The second-order valence-corrected chi connectivity index (χ2v) is 6.61. The molecular formula is C20H17F3N2O. The zero-order valence-corrected chi connectivity index (χ0v) is 13.9. The van der Waals surface area contributed by atoms with Crippen LogP contribution in [-0.4, -0.2) is 16.7 Å². The minimum Gasteiger partial charge on any atom is -0.351 e. The molecule has 1 aliphatic carbocycles. The Labute approximate surface area is 149 Å². The van der Waals surface area contributed by atoms with E-state index in [0.717, 1.165) is 37.2 Å². The van der Waals surface area contributed by atoms with Crippen LogP contribution in [0.3, 0.4) is 0 Å². The standard InChI is InChI=1S/C20H17F3N2O/c21-20(22,23)15-7-5-13(6-8-15)18(26)11-19-24-17-4-2-1-3-14(17)12-25(19)16-9-10-16/h1-8,11,16,24H,9-10,12H2/b19-11+. The summed E-state index contributed by atoms with van der Waals surface area (Å²) in [6.07, 6.45) is -0.764. The van der Waals surface area contributed by atoms with Crippen LogP contribution < -0.4 is 5.32 Å². The SMILES string of the molecule is O=C(/C=C1\Nc2ccccc2CN1C1CC1)c1ccc(C(F)(F)F)cc1. The molecule has 1 saturated carbocycles. The van der Waals surface area contributed by atoms with E-state index in [2.05, 4.69) is 10.2 Å². The molecule has 0 radical (unpaired) electrons. The van der Waals surface area contributed by atoms with Crippen molar-refractivity contribution >= 4 is 11.5 Å². The molecule has 134 valence electrons. The molecule has 0 bridgehead atoms. The highest BCUT2D eigenvalue weighted by Gasteiger charge is 2.34. The Morgan fingerprint density at radius 2 is 1.77 bits per heavy atom. The number of alkyl halides is 3. The highest BCUT2D eigenvalue weighted by atomic mass is 19.4. The van der Waals surface area contributed by atoms with Gasteiger partial charge in [0.2, 0.25) is 0 Å². The van der Waals surface area contributed by atoms with E-state index in [9.17, 15) is 18.0 Å². The molecule has 2 aromatic carbocycles. The number of nitrogens with one attached hydrogen (secondary N) is 1. The molecule has 26 heavy (non-hydrogen) atoms. The highest BCUT2D eigenvalue weighted by molar-refractivity contribution is 6.05. The van der Waals surface area contributed by atoms with E-state index in [1.165, 1.54) is 23.8 Å². The Morgan fingerprint density at radius 1 is 1.08 bits per heavy atom. The molecule has 0 amide bonds. The lowest BCUT2D eigenvalue weighted by Gasteiger charge is -2.34. The number of hydrogen-bond acceptors (Lipinski definition) is 3. The number of benzene rings is 2. The van der Waals surface area contributed by atoms with E-state index in [1.807, 2.05) is 24.3 Å². The van der Waals surface area contributed by atoms with Gasteiger partial charge in [-0.3, -0.25) is 4.79 Å². The summed E-state index contributed by atoms with van der Waals surface area (Å²) in [6.45, 7) is 0.722. The van der Waals surface area contributed by atoms with Gasteiger partial charge in [-0.25, -0.2) is 0 Å². The van der Waals surface area contributed by atoms with Crippen LogP contribution in [0, 0.1) is 0 Å². The number of halogens is 3. The number of nitrogens with zero attached hydrogens (tertiary/aromatic N) is 1. The number of rotatable bonds is 3. The van der Waals surface area contributed by atoms with Gasteiger partial charge < -0.3 is 10.2 Å². The van der Waals surface area contributed by atoms with Crippen LogP contribution in [0.15, 0.2) is 60.4 Å². The van der Waals surface area contributed by atoms with Crippen molar-refractivity contribution in [3.63, 3.8) is 0 Å². The summed E-state index contributed by atoms with van der Waals surface area (Å²) in [5, 5.41) is 3.29. The lowest BCUT2D eigenvalue weighted by molar-refractivity contribution is -0.137. The largest absolute Gasteiger partial charge is 0.416 e. The Bertz CT molecular complexity index is 867. The van der Waals surface area contributed by atoms with Crippen LogP contribution >= 0.6 is 0 Å². The van der Waals surface area contributed by atoms with Gasteiger partial charge in [-0.1, -0.05) is 30.3 Å². The van der Waals surface area contributed by atoms with Crippen molar-refractivity contribution in [3.05, 3.63) is 77.1 Å². The van der Waals surface area contributed by atoms with Crippen molar-refractivity contribution in [2.24, 2.45) is 0 Å². The number of anilines is 1. The highest BCUT2D eigenvalue weighted by Crippen LogP contribution is 2.36. The van der Waals surface area contributed by atoms with Crippen LogP contribution in [0.1, 0.15) is 34.3 Å². The molecular weight excluding hydrogens is 341 g/mol. The third kappa shape index (κ3) is 3.31. The first-order valence-corrected chi connectivity index (χ1v) is 8.47. The number of ketones is 1. The summed E-state index contributed by atoms with van der Waals surface area (Å²) in [7, 11) is 0. The lowest BCUT2D eigenvalue weighted by Crippen LogP contribution is -2.33. The topological polar surface area (TPSA) is 32.3 Å². The molecule has 1 heterocycles. The summed E-state index contributed by atoms with van der Waals surface area (Å²) >= 11 is 0. The van der Waals surface area contributed by atoms with Crippen molar-refractivity contribution in [1.29, 1.82) is 0 Å². The predicted molar refractivity (Wildman–Crippen MR) is 92.5 cm³/mol. The van der Waals surface area contributed by atoms with Gasteiger partial charge in [-0.05, 0) is 36.6 Å². The molecule has 0 unspecified atom stereocenters. The molecule has 0 saturated heterocycles. The van der Waals surface area contributed by atoms with Crippen LogP contribution in [0.5, 0.6) is 0 Å². The van der Waals surface area contributed by atoms with Gasteiger partial charge in [0, 0.05) is 29.9 Å². The van der Waals surface area contributed by atoms with E-state index in [0.29, 0.717) is 11.9 Å². The maximum atomic E-state index is 12.7. The van der Waals surface area contributed by atoms with Crippen molar-refractivity contribution < 1.29 is 18.0 Å². The van der Waals surface area contributed by atoms with Crippen molar-refractivity contribution in [3.8, 4) is 0 Å². The first kappa shape index (κ1) is 16.7. The van der Waals surface area contributed by atoms with Crippen molar-refractivity contribution in [2.45, 2.75) is 31.6 Å². The van der Waals surface area contributed by atoms with Gasteiger partial charge >= 0.3 is 6.18 Å². The van der Waals surface area contributed by atoms with Gasteiger partial charge in [0.05, 0.1) is 5.56 Å². The molecule has 0 spiro atoms. The molecule has 4 rings (SSSR count). The number of carbonyl (C=O) groups is 1. The van der Waals surface area contributed by atoms with Gasteiger partial charge in [0.15, 0.2) is 5.78 Å². The number of allylic oxidation sites excluding steroid dienone is 1. The maximum Gasteiger partial charge on any atom is 0.416 e. The normalized spacial score (nSPS) is 18.4. The Morgan fingerprint density at radius 3 is 2.42 bits per heavy atom. The molecule has 0 atom stereocenters. The van der Waals surface area contributed by atoms with E-state index in [-0.39, 0.29) is 11.3 Å². The predicted octanol–water partition coefficient (Wildman–Crippen LogP) is 4.82. The quantitative estimate of drug-likeness (QED) is 0.631. The molecule has 2 aromatic rings. The maximum absolute atomic E-state index is 12.7. The van der Waals surface area contributed by atoms with Crippen molar-refractivity contribution in [1.82, 2.24) is 4.90 Å². The molecule has 0 aromatic heterocycles. The number of carbonyl (C=O) groups excluding carboxylic acids is 1. The summed E-state index contributed by atoms with van der Waals surface area (Å²) in [4.78, 5) is 14.7. The van der Waals surface area contributed by atoms with E-state index < -0.39 is 11.7 Å². The van der Waals surface area contributed by atoms with Crippen LogP contribution in [0.4, 0.5) is 18.9 Å². The van der Waals surface area contributed by atoms with E-state index >= 15 is 0 Å². The average Bonchev–Trinajstić information content (AvgIpc) is 3.45. The fourth-order valence-corrected chi connectivity index (χ4v) is 3.12. The minimum atomic E-state index is -4.41. The fourth-order valence-electron chi connectivity index (χ4n) is 3.12. The first-order valence-electron chi connectivity index (χ1n) is 8.47. The lowest BCUT2D eigenvalue weighted by atomic mass is 10.1. The zero-order valence-electron chi connectivity index (χ0n) is 13.9.